The Morgan fingerprint density at radius 1 is 1.24 bits per heavy atom. The van der Waals surface area contributed by atoms with Gasteiger partial charge in [0.25, 0.3) is 0 Å². The van der Waals surface area contributed by atoms with E-state index in [1.54, 1.807) is 4.68 Å². The van der Waals surface area contributed by atoms with Crippen molar-refractivity contribution in [3.63, 3.8) is 0 Å². The van der Waals surface area contributed by atoms with Crippen LogP contribution in [0.2, 0.25) is 5.02 Å². The maximum absolute atomic E-state index is 12.7. The predicted molar refractivity (Wildman–Crippen MR) is 103 cm³/mol. The number of halogens is 2. The SMILES string of the molecule is Cc1nn(C(C)C(=O)N2CCN(Cc3ccc(Cl)cc3)CC2)cc1Br. The zero-order valence-electron chi connectivity index (χ0n) is 14.5. The van der Waals surface area contributed by atoms with Gasteiger partial charge in [0.15, 0.2) is 0 Å². The molecule has 1 unspecified atom stereocenters. The second kappa shape index (κ2) is 7.89. The molecule has 1 amide bonds. The highest BCUT2D eigenvalue weighted by molar-refractivity contribution is 9.10. The van der Waals surface area contributed by atoms with E-state index in [1.165, 1.54) is 5.56 Å². The molecule has 1 atom stereocenters. The first kappa shape index (κ1) is 18.4. The molecule has 0 aliphatic carbocycles. The summed E-state index contributed by atoms with van der Waals surface area (Å²) >= 11 is 9.38. The third kappa shape index (κ3) is 4.43. The molecule has 5 nitrogen and oxygen atoms in total. The molecule has 0 bridgehead atoms. The van der Waals surface area contributed by atoms with E-state index >= 15 is 0 Å². The third-order valence-corrected chi connectivity index (χ3v) is 5.64. The Balaban J connectivity index is 1.54. The molecule has 1 fully saturated rings. The summed E-state index contributed by atoms with van der Waals surface area (Å²) in [5, 5.41) is 5.16. The summed E-state index contributed by atoms with van der Waals surface area (Å²) in [6.45, 7) is 7.97. The van der Waals surface area contributed by atoms with E-state index in [9.17, 15) is 4.79 Å². The van der Waals surface area contributed by atoms with Crippen molar-refractivity contribution >= 4 is 33.4 Å². The minimum Gasteiger partial charge on any atom is -0.338 e. The number of hydrogen-bond donors (Lipinski definition) is 0. The number of carbonyl (C=O) groups excluding carboxylic acids is 1. The highest BCUT2D eigenvalue weighted by atomic mass is 79.9. The predicted octanol–water partition coefficient (Wildman–Crippen LogP) is 3.51. The quantitative estimate of drug-likeness (QED) is 0.753. The topological polar surface area (TPSA) is 41.4 Å². The van der Waals surface area contributed by atoms with Gasteiger partial charge in [0, 0.05) is 43.9 Å². The van der Waals surface area contributed by atoms with Gasteiger partial charge in [-0.2, -0.15) is 5.10 Å². The van der Waals surface area contributed by atoms with Gasteiger partial charge in [-0.25, -0.2) is 0 Å². The molecular weight excluding hydrogens is 404 g/mol. The summed E-state index contributed by atoms with van der Waals surface area (Å²) < 4.78 is 2.67. The molecule has 0 spiro atoms. The second-order valence-electron chi connectivity index (χ2n) is 6.45. The molecule has 7 heteroatoms. The van der Waals surface area contributed by atoms with Gasteiger partial charge in [-0.05, 0) is 47.5 Å². The van der Waals surface area contributed by atoms with Crippen LogP contribution in [-0.2, 0) is 11.3 Å². The number of amides is 1. The molecule has 25 heavy (non-hydrogen) atoms. The first-order valence-electron chi connectivity index (χ1n) is 8.41. The first-order chi connectivity index (χ1) is 11.9. The van der Waals surface area contributed by atoms with Crippen LogP contribution in [0.15, 0.2) is 34.9 Å². The molecule has 2 aromatic rings. The number of aryl methyl sites for hydroxylation is 1. The van der Waals surface area contributed by atoms with Crippen LogP contribution in [0.25, 0.3) is 0 Å². The number of benzene rings is 1. The molecule has 0 saturated carbocycles. The van der Waals surface area contributed by atoms with Crippen molar-refractivity contribution in [3.8, 4) is 0 Å². The zero-order valence-corrected chi connectivity index (χ0v) is 16.8. The molecule has 2 heterocycles. The van der Waals surface area contributed by atoms with Gasteiger partial charge in [-0.3, -0.25) is 14.4 Å². The fourth-order valence-corrected chi connectivity index (χ4v) is 3.42. The van der Waals surface area contributed by atoms with E-state index in [-0.39, 0.29) is 11.9 Å². The van der Waals surface area contributed by atoms with E-state index in [2.05, 4.69) is 38.1 Å². The molecule has 1 aromatic heterocycles. The van der Waals surface area contributed by atoms with Crippen molar-refractivity contribution in [3.05, 3.63) is 51.2 Å². The van der Waals surface area contributed by atoms with Crippen LogP contribution in [0, 0.1) is 6.92 Å². The fourth-order valence-electron chi connectivity index (χ4n) is 3.01. The standard InChI is InChI=1S/C18H22BrClN4O/c1-13-17(19)12-24(21-13)14(2)18(25)23-9-7-22(8-10-23)11-15-3-5-16(20)6-4-15/h3-6,12,14H,7-11H2,1-2H3. The Bertz CT molecular complexity index is 719. The van der Waals surface area contributed by atoms with Crippen LogP contribution >= 0.6 is 27.5 Å². The number of hydrogen-bond acceptors (Lipinski definition) is 3. The van der Waals surface area contributed by atoms with Gasteiger partial charge in [0.05, 0.1) is 10.2 Å². The summed E-state index contributed by atoms with van der Waals surface area (Å²) in [5.74, 6) is 0.126. The van der Waals surface area contributed by atoms with Gasteiger partial charge in [-0.1, -0.05) is 23.7 Å². The van der Waals surface area contributed by atoms with E-state index in [4.69, 9.17) is 11.6 Å². The molecule has 134 valence electrons. The average molecular weight is 426 g/mol. The van der Waals surface area contributed by atoms with Crippen LogP contribution in [0.4, 0.5) is 0 Å². The molecule has 3 rings (SSSR count). The summed E-state index contributed by atoms with van der Waals surface area (Å²) in [7, 11) is 0. The minimum absolute atomic E-state index is 0.126. The fraction of sp³-hybridized carbons (Fsp3) is 0.444. The van der Waals surface area contributed by atoms with Crippen molar-refractivity contribution in [1.82, 2.24) is 19.6 Å². The van der Waals surface area contributed by atoms with Crippen molar-refractivity contribution < 1.29 is 4.79 Å². The molecular formula is C18H22BrClN4O. The highest BCUT2D eigenvalue weighted by Gasteiger charge is 2.26. The second-order valence-corrected chi connectivity index (χ2v) is 7.74. The smallest absolute Gasteiger partial charge is 0.247 e. The van der Waals surface area contributed by atoms with E-state index < -0.39 is 0 Å². The number of carbonyl (C=O) groups is 1. The van der Waals surface area contributed by atoms with Gasteiger partial charge in [0.1, 0.15) is 6.04 Å². The number of nitrogens with zero attached hydrogens (tertiary/aromatic N) is 4. The van der Waals surface area contributed by atoms with E-state index in [0.717, 1.165) is 47.9 Å². The van der Waals surface area contributed by atoms with Crippen LogP contribution < -0.4 is 0 Å². The van der Waals surface area contributed by atoms with Crippen LogP contribution in [0.3, 0.4) is 0 Å². The van der Waals surface area contributed by atoms with Gasteiger partial charge in [-0.15, -0.1) is 0 Å². The number of aromatic nitrogens is 2. The average Bonchev–Trinajstić information content (AvgIpc) is 2.95. The highest BCUT2D eigenvalue weighted by Crippen LogP contribution is 2.19. The Morgan fingerprint density at radius 2 is 1.88 bits per heavy atom. The zero-order chi connectivity index (χ0) is 18.0. The van der Waals surface area contributed by atoms with Gasteiger partial charge in [0.2, 0.25) is 5.91 Å². The molecule has 1 aliphatic heterocycles. The Labute approximate surface area is 161 Å². The normalized spacial score (nSPS) is 16.9. The van der Waals surface area contributed by atoms with Crippen LogP contribution in [0.1, 0.15) is 24.2 Å². The summed E-state index contributed by atoms with van der Waals surface area (Å²) in [5.41, 5.74) is 2.14. The molecule has 1 saturated heterocycles. The summed E-state index contributed by atoms with van der Waals surface area (Å²) in [4.78, 5) is 17.0. The van der Waals surface area contributed by atoms with Crippen molar-refractivity contribution in [2.24, 2.45) is 0 Å². The van der Waals surface area contributed by atoms with Crippen LogP contribution in [-0.4, -0.2) is 51.7 Å². The third-order valence-electron chi connectivity index (χ3n) is 4.61. The molecule has 0 N–H and O–H groups in total. The van der Waals surface area contributed by atoms with E-state index in [1.807, 2.05) is 37.1 Å². The number of rotatable bonds is 4. The maximum Gasteiger partial charge on any atom is 0.247 e. The van der Waals surface area contributed by atoms with Gasteiger partial charge >= 0.3 is 0 Å². The lowest BCUT2D eigenvalue weighted by Gasteiger charge is -2.36. The Morgan fingerprint density at radius 3 is 2.44 bits per heavy atom. The van der Waals surface area contributed by atoms with Crippen molar-refractivity contribution in [2.75, 3.05) is 26.2 Å². The summed E-state index contributed by atoms with van der Waals surface area (Å²) in [6, 6.07) is 7.66. The van der Waals surface area contributed by atoms with Crippen molar-refractivity contribution in [2.45, 2.75) is 26.4 Å². The lowest BCUT2D eigenvalue weighted by molar-refractivity contribution is -0.136. The van der Waals surface area contributed by atoms with Gasteiger partial charge < -0.3 is 4.90 Å². The minimum atomic E-state index is -0.284. The lowest BCUT2D eigenvalue weighted by atomic mass is 10.2. The van der Waals surface area contributed by atoms with Crippen LogP contribution in [0.5, 0.6) is 0 Å². The maximum atomic E-state index is 12.7. The monoisotopic (exact) mass is 424 g/mol. The summed E-state index contributed by atoms with van der Waals surface area (Å²) in [6.07, 6.45) is 1.87. The van der Waals surface area contributed by atoms with E-state index in [0.29, 0.717) is 0 Å². The Kier molecular flexibility index (Phi) is 5.81. The molecule has 1 aromatic carbocycles. The molecule has 1 aliphatic rings. The first-order valence-corrected chi connectivity index (χ1v) is 9.58. The Hall–Kier alpha value is -1.37. The largest absolute Gasteiger partial charge is 0.338 e. The molecule has 0 radical (unpaired) electrons. The number of piperazine rings is 1. The lowest BCUT2D eigenvalue weighted by Crippen LogP contribution is -2.49. The van der Waals surface area contributed by atoms with Crippen molar-refractivity contribution in [1.29, 1.82) is 0 Å².